The van der Waals surface area contributed by atoms with E-state index in [1.807, 2.05) is 13.8 Å². The quantitative estimate of drug-likeness (QED) is 0.904. The van der Waals surface area contributed by atoms with Gasteiger partial charge >= 0.3 is 0 Å². The van der Waals surface area contributed by atoms with Gasteiger partial charge in [-0.1, -0.05) is 23.2 Å². The standard InChI is InChI=1S/C14H15Cl2N3O/c1-7-13(14(20)19-9(3)17-7)8(2)18-12-5-10(15)4-11(16)6-12/h4-6,8,18H,1-3H3,(H,17,19,20). The molecule has 0 fully saturated rings. The number of rotatable bonds is 3. The summed E-state index contributed by atoms with van der Waals surface area (Å²) in [7, 11) is 0. The zero-order chi connectivity index (χ0) is 14.9. The second-order valence-corrected chi connectivity index (χ2v) is 5.55. The Morgan fingerprint density at radius 1 is 1.20 bits per heavy atom. The molecule has 0 aliphatic heterocycles. The van der Waals surface area contributed by atoms with E-state index in [-0.39, 0.29) is 11.6 Å². The van der Waals surface area contributed by atoms with Crippen LogP contribution >= 0.6 is 23.2 Å². The summed E-state index contributed by atoms with van der Waals surface area (Å²) in [6.07, 6.45) is 0. The fraction of sp³-hybridized carbons (Fsp3) is 0.286. The average Bonchev–Trinajstić information content (AvgIpc) is 2.25. The van der Waals surface area contributed by atoms with E-state index in [4.69, 9.17) is 23.2 Å². The normalized spacial score (nSPS) is 12.2. The van der Waals surface area contributed by atoms with Crippen LogP contribution in [0.4, 0.5) is 5.69 Å². The van der Waals surface area contributed by atoms with E-state index in [9.17, 15) is 4.79 Å². The first-order valence-corrected chi connectivity index (χ1v) is 6.92. The lowest BCUT2D eigenvalue weighted by Gasteiger charge is -2.17. The van der Waals surface area contributed by atoms with E-state index < -0.39 is 0 Å². The predicted octanol–water partition coefficient (Wildman–Crippen LogP) is 3.87. The number of nitrogens with zero attached hydrogens (tertiary/aromatic N) is 1. The van der Waals surface area contributed by atoms with Gasteiger partial charge in [-0.2, -0.15) is 0 Å². The lowest BCUT2D eigenvalue weighted by Crippen LogP contribution is -2.23. The monoisotopic (exact) mass is 311 g/mol. The second-order valence-electron chi connectivity index (χ2n) is 4.67. The number of aryl methyl sites for hydroxylation is 2. The Morgan fingerprint density at radius 3 is 2.35 bits per heavy atom. The third-order valence-corrected chi connectivity index (χ3v) is 3.38. The van der Waals surface area contributed by atoms with Gasteiger partial charge in [-0.05, 0) is 39.0 Å². The molecular weight excluding hydrogens is 297 g/mol. The third-order valence-electron chi connectivity index (χ3n) is 2.94. The zero-order valence-electron chi connectivity index (χ0n) is 11.4. The van der Waals surface area contributed by atoms with Crippen LogP contribution in [0.25, 0.3) is 0 Å². The Hall–Kier alpha value is -1.52. The summed E-state index contributed by atoms with van der Waals surface area (Å²) < 4.78 is 0. The molecule has 1 atom stereocenters. The molecule has 1 heterocycles. The highest BCUT2D eigenvalue weighted by molar-refractivity contribution is 6.35. The molecule has 4 nitrogen and oxygen atoms in total. The van der Waals surface area contributed by atoms with Crippen LogP contribution in [0.15, 0.2) is 23.0 Å². The van der Waals surface area contributed by atoms with Crippen LogP contribution in [0.3, 0.4) is 0 Å². The molecule has 0 amide bonds. The summed E-state index contributed by atoms with van der Waals surface area (Å²) >= 11 is 11.9. The van der Waals surface area contributed by atoms with E-state index in [0.717, 1.165) is 5.69 Å². The minimum atomic E-state index is -0.207. The number of hydrogen-bond donors (Lipinski definition) is 2. The van der Waals surface area contributed by atoms with Gasteiger partial charge in [0.2, 0.25) is 0 Å². The molecule has 1 aromatic heterocycles. The number of benzene rings is 1. The van der Waals surface area contributed by atoms with Crippen molar-refractivity contribution in [3.05, 3.63) is 55.7 Å². The van der Waals surface area contributed by atoms with E-state index in [0.29, 0.717) is 27.1 Å². The minimum absolute atomic E-state index is 0.136. The number of aromatic nitrogens is 2. The molecule has 106 valence electrons. The maximum Gasteiger partial charge on any atom is 0.256 e. The van der Waals surface area contributed by atoms with Gasteiger partial charge in [0.1, 0.15) is 5.82 Å². The van der Waals surface area contributed by atoms with Crippen LogP contribution in [-0.2, 0) is 0 Å². The van der Waals surface area contributed by atoms with Crippen molar-refractivity contribution in [2.45, 2.75) is 26.8 Å². The summed E-state index contributed by atoms with van der Waals surface area (Å²) in [6.45, 7) is 5.47. The molecule has 0 bridgehead atoms. The molecule has 2 rings (SSSR count). The first kappa shape index (κ1) is 14.9. The number of H-pyrrole nitrogens is 1. The molecule has 0 radical (unpaired) electrons. The first-order chi connectivity index (χ1) is 9.36. The first-order valence-electron chi connectivity index (χ1n) is 6.17. The minimum Gasteiger partial charge on any atom is -0.378 e. The highest BCUT2D eigenvalue weighted by Gasteiger charge is 2.14. The SMILES string of the molecule is Cc1nc(C)c(C(C)Nc2cc(Cl)cc(Cl)c2)c(=O)[nH]1. The van der Waals surface area contributed by atoms with Crippen LogP contribution in [-0.4, -0.2) is 9.97 Å². The number of nitrogens with one attached hydrogen (secondary N) is 2. The average molecular weight is 312 g/mol. The van der Waals surface area contributed by atoms with Crippen molar-refractivity contribution in [2.24, 2.45) is 0 Å². The molecule has 0 aliphatic carbocycles. The zero-order valence-corrected chi connectivity index (χ0v) is 12.9. The van der Waals surface area contributed by atoms with Gasteiger partial charge in [0.15, 0.2) is 0 Å². The lowest BCUT2D eigenvalue weighted by molar-refractivity contribution is 0.814. The van der Waals surface area contributed by atoms with Gasteiger partial charge < -0.3 is 10.3 Å². The Balaban J connectivity index is 2.33. The van der Waals surface area contributed by atoms with Crippen molar-refractivity contribution in [3.63, 3.8) is 0 Å². The van der Waals surface area contributed by atoms with Crippen LogP contribution < -0.4 is 10.9 Å². The Kier molecular flexibility index (Phi) is 4.35. The van der Waals surface area contributed by atoms with Crippen molar-refractivity contribution in [3.8, 4) is 0 Å². The molecule has 1 aromatic carbocycles. The van der Waals surface area contributed by atoms with Crippen molar-refractivity contribution in [2.75, 3.05) is 5.32 Å². The van der Waals surface area contributed by atoms with Gasteiger partial charge in [0.25, 0.3) is 5.56 Å². The van der Waals surface area contributed by atoms with Gasteiger partial charge in [0, 0.05) is 15.7 Å². The molecule has 20 heavy (non-hydrogen) atoms. The third kappa shape index (κ3) is 3.32. The summed E-state index contributed by atoms with van der Waals surface area (Å²) in [5, 5.41) is 4.30. The molecule has 2 aromatic rings. The maximum atomic E-state index is 12.0. The number of anilines is 1. The highest BCUT2D eigenvalue weighted by Crippen LogP contribution is 2.25. The molecular formula is C14H15Cl2N3O. The van der Waals surface area contributed by atoms with Gasteiger partial charge in [-0.15, -0.1) is 0 Å². The molecule has 0 spiro atoms. The summed E-state index contributed by atoms with van der Waals surface area (Å²) in [4.78, 5) is 19.0. The van der Waals surface area contributed by atoms with E-state index in [1.54, 1.807) is 25.1 Å². The van der Waals surface area contributed by atoms with E-state index in [2.05, 4.69) is 15.3 Å². The Morgan fingerprint density at radius 2 is 1.80 bits per heavy atom. The Bertz CT molecular complexity index is 677. The summed E-state index contributed by atoms with van der Waals surface area (Å²) in [5.74, 6) is 0.606. The highest BCUT2D eigenvalue weighted by atomic mass is 35.5. The molecule has 0 aliphatic rings. The van der Waals surface area contributed by atoms with E-state index in [1.165, 1.54) is 0 Å². The van der Waals surface area contributed by atoms with Crippen LogP contribution in [0.2, 0.25) is 10.0 Å². The molecule has 0 saturated carbocycles. The van der Waals surface area contributed by atoms with Crippen molar-refractivity contribution < 1.29 is 0 Å². The number of hydrogen-bond acceptors (Lipinski definition) is 3. The van der Waals surface area contributed by atoms with Crippen molar-refractivity contribution in [1.82, 2.24) is 9.97 Å². The predicted molar refractivity (Wildman–Crippen MR) is 82.8 cm³/mol. The van der Waals surface area contributed by atoms with Crippen molar-refractivity contribution >= 4 is 28.9 Å². The summed E-state index contributed by atoms with van der Waals surface area (Å²) in [5.41, 5.74) is 1.93. The Labute approximate surface area is 127 Å². The second kappa shape index (κ2) is 5.85. The maximum absolute atomic E-state index is 12.0. The fourth-order valence-corrected chi connectivity index (χ4v) is 2.73. The van der Waals surface area contributed by atoms with Crippen LogP contribution in [0.5, 0.6) is 0 Å². The largest absolute Gasteiger partial charge is 0.378 e. The smallest absolute Gasteiger partial charge is 0.256 e. The number of aromatic amines is 1. The van der Waals surface area contributed by atoms with E-state index >= 15 is 0 Å². The van der Waals surface area contributed by atoms with Gasteiger partial charge in [-0.3, -0.25) is 4.79 Å². The van der Waals surface area contributed by atoms with Crippen molar-refractivity contribution in [1.29, 1.82) is 0 Å². The number of halogens is 2. The lowest BCUT2D eigenvalue weighted by atomic mass is 10.1. The molecule has 0 saturated heterocycles. The molecule has 1 unspecified atom stereocenters. The van der Waals surface area contributed by atoms with Crippen LogP contribution in [0.1, 0.15) is 30.0 Å². The fourth-order valence-electron chi connectivity index (χ4n) is 2.20. The molecule has 6 heteroatoms. The van der Waals surface area contributed by atoms with Gasteiger partial charge in [0.05, 0.1) is 17.3 Å². The molecule has 2 N–H and O–H groups in total. The van der Waals surface area contributed by atoms with Crippen LogP contribution in [0, 0.1) is 13.8 Å². The topological polar surface area (TPSA) is 57.8 Å². The summed E-state index contributed by atoms with van der Waals surface area (Å²) in [6, 6.07) is 4.97. The van der Waals surface area contributed by atoms with Gasteiger partial charge in [-0.25, -0.2) is 4.98 Å².